The predicted molar refractivity (Wildman–Crippen MR) is 91.0 cm³/mol. The van der Waals surface area contributed by atoms with Gasteiger partial charge in [-0.05, 0) is 25.0 Å². The smallest absolute Gasteiger partial charge is 0.178 e. The van der Waals surface area contributed by atoms with E-state index in [-0.39, 0.29) is 22.2 Å². The van der Waals surface area contributed by atoms with Crippen molar-refractivity contribution in [1.29, 1.82) is 0 Å². The lowest BCUT2D eigenvalue weighted by Crippen LogP contribution is -2.50. The van der Waals surface area contributed by atoms with Gasteiger partial charge in [-0.15, -0.1) is 17.0 Å². The number of benzene rings is 1. The van der Waals surface area contributed by atoms with E-state index in [0.29, 0.717) is 5.02 Å². The fourth-order valence-corrected chi connectivity index (χ4v) is 4.37. The van der Waals surface area contributed by atoms with Crippen molar-refractivity contribution < 1.29 is 5.11 Å². The first kappa shape index (κ1) is 16.1. The summed E-state index contributed by atoms with van der Waals surface area (Å²) in [5.41, 5.74) is -0.115. The summed E-state index contributed by atoms with van der Waals surface area (Å²) < 4.78 is 0. The average molecular weight is 378 g/mol. The number of aliphatic hydroxyl groups is 1. The molecule has 3 rings (SSSR count). The molecule has 1 saturated heterocycles. The molecule has 2 unspecified atom stereocenters. The standard InChI is InChI=1S/C14H17ClN2OS.BrH/c1-2-12-14(18,10-5-3-6-11(15)9-10)17-8-4-7-16-13(17)19-12;/h3,5-6,9,12,18H,2,4,7-8H2,1H3;1H. The highest BCUT2D eigenvalue weighted by Crippen LogP contribution is 2.47. The van der Waals surface area contributed by atoms with Crippen LogP contribution in [0.25, 0.3) is 0 Å². The van der Waals surface area contributed by atoms with E-state index in [2.05, 4.69) is 11.9 Å². The van der Waals surface area contributed by atoms with Crippen molar-refractivity contribution in [3.63, 3.8) is 0 Å². The number of fused-ring (bicyclic) bond motifs is 1. The fourth-order valence-electron chi connectivity index (χ4n) is 2.81. The van der Waals surface area contributed by atoms with Crippen LogP contribution in [0.15, 0.2) is 29.3 Å². The lowest BCUT2D eigenvalue weighted by molar-refractivity contribution is -0.0727. The Hall–Kier alpha value is -0.230. The SMILES string of the molecule is Br.CCC1SC2=NCCCN2C1(O)c1cccc(Cl)c1. The van der Waals surface area contributed by atoms with E-state index in [9.17, 15) is 5.11 Å². The molecule has 20 heavy (non-hydrogen) atoms. The predicted octanol–water partition coefficient (Wildman–Crippen LogP) is 3.65. The summed E-state index contributed by atoms with van der Waals surface area (Å²) >= 11 is 7.77. The van der Waals surface area contributed by atoms with E-state index in [1.54, 1.807) is 11.8 Å². The molecule has 0 bridgehead atoms. The molecule has 1 aromatic rings. The number of aliphatic imine (C=N–C) groups is 1. The van der Waals surface area contributed by atoms with Gasteiger partial charge in [-0.2, -0.15) is 0 Å². The van der Waals surface area contributed by atoms with Crippen LogP contribution in [0.3, 0.4) is 0 Å². The molecule has 0 radical (unpaired) electrons. The quantitative estimate of drug-likeness (QED) is 0.854. The molecule has 6 heteroatoms. The molecule has 2 aliphatic rings. The van der Waals surface area contributed by atoms with Gasteiger partial charge in [0.1, 0.15) is 0 Å². The number of halogens is 2. The third kappa shape index (κ3) is 2.49. The van der Waals surface area contributed by atoms with Crippen LogP contribution in [-0.4, -0.2) is 33.5 Å². The number of rotatable bonds is 2. The van der Waals surface area contributed by atoms with Gasteiger partial charge in [-0.3, -0.25) is 4.99 Å². The minimum Gasteiger partial charge on any atom is -0.366 e. The van der Waals surface area contributed by atoms with Gasteiger partial charge in [0.25, 0.3) is 0 Å². The van der Waals surface area contributed by atoms with Crippen molar-refractivity contribution in [2.75, 3.05) is 13.1 Å². The number of thioether (sulfide) groups is 1. The van der Waals surface area contributed by atoms with Crippen molar-refractivity contribution in [2.24, 2.45) is 4.99 Å². The first-order chi connectivity index (χ1) is 9.16. The summed E-state index contributed by atoms with van der Waals surface area (Å²) in [4.78, 5) is 6.59. The van der Waals surface area contributed by atoms with Gasteiger partial charge in [0.05, 0.1) is 5.25 Å². The summed E-state index contributed by atoms with van der Waals surface area (Å²) in [6, 6.07) is 7.55. The van der Waals surface area contributed by atoms with E-state index in [4.69, 9.17) is 11.6 Å². The van der Waals surface area contributed by atoms with Gasteiger partial charge < -0.3 is 10.0 Å². The maximum Gasteiger partial charge on any atom is 0.178 e. The Morgan fingerprint density at radius 3 is 3.05 bits per heavy atom. The van der Waals surface area contributed by atoms with E-state index < -0.39 is 5.72 Å². The monoisotopic (exact) mass is 376 g/mol. The van der Waals surface area contributed by atoms with Crippen molar-refractivity contribution in [3.05, 3.63) is 34.9 Å². The van der Waals surface area contributed by atoms with Crippen molar-refractivity contribution >= 4 is 45.5 Å². The minimum absolute atomic E-state index is 0. The van der Waals surface area contributed by atoms with Crippen LogP contribution in [0.4, 0.5) is 0 Å². The normalized spacial score (nSPS) is 28.6. The molecule has 1 N–H and O–H groups in total. The molecule has 0 aromatic heterocycles. The molecule has 2 atom stereocenters. The van der Waals surface area contributed by atoms with Crippen molar-refractivity contribution in [1.82, 2.24) is 4.90 Å². The summed E-state index contributed by atoms with van der Waals surface area (Å²) in [5, 5.41) is 13.0. The zero-order chi connectivity index (χ0) is 13.5. The Kier molecular flexibility index (Phi) is 5.05. The molecule has 0 aliphatic carbocycles. The highest BCUT2D eigenvalue weighted by Gasteiger charge is 2.52. The van der Waals surface area contributed by atoms with E-state index >= 15 is 0 Å². The van der Waals surface area contributed by atoms with Crippen molar-refractivity contribution in [2.45, 2.75) is 30.7 Å². The fraction of sp³-hybridized carbons (Fsp3) is 0.500. The van der Waals surface area contributed by atoms with Crippen molar-refractivity contribution in [3.8, 4) is 0 Å². The Bertz CT molecular complexity index is 528. The van der Waals surface area contributed by atoms with E-state index in [1.165, 1.54) is 0 Å². The first-order valence-electron chi connectivity index (χ1n) is 6.63. The van der Waals surface area contributed by atoms with Gasteiger partial charge in [-0.1, -0.05) is 42.4 Å². The molecular formula is C14H18BrClN2OS. The van der Waals surface area contributed by atoms with Crippen LogP contribution < -0.4 is 0 Å². The molecule has 0 saturated carbocycles. The van der Waals surface area contributed by atoms with Crippen LogP contribution in [0.2, 0.25) is 5.02 Å². The topological polar surface area (TPSA) is 35.8 Å². The molecule has 3 nitrogen and oxygen atoms in total. The third-order valence-corrected chi connectivity index (χ3v) is 5.49. The summed E-state index contributed by atoms with van der Waals surface area (Å²) in [7, 11) is 0. The van der Waals surface area contributed by atoms with Crippen LogP contribution in [0, 0.1) is 0 Å². The molecule has 2 heterocycles. The molecule has 1 aromatic carbocycles. The molecule has 1 fully saturated rings. The average Bonchev–Trinajstić information content (AvgIpc) is 2.73. The van der Waals surface area contributed by atoms with Crippen LogP contribution in [0.1, 0.15) is 25.3 Å². The Balaban J connectivity index is 0.00000147. The highest BCUT2D eigenvalue weighted by molar-refractivity contribution is 8.93. The number of hydrogen-bond donors (Lipinski definition) is 1. The maximum atomic E-state index is 11.3. The number of hydrogen-bond acceptors (Lipinski definition) is 4. The van der Waals surface area contributed by atoms with Crippen LogP contribution >= 0.6 is 40.3 Å². The van der Waals surface area contributed by atoms with Gasteiger partial charge in [-0.25, -0.2) is 0 Å². The second-order valence-electron chi connectivity index (χ2n) is 4.92. The van der Waals surface area contributed by atoms with Crippen LogP contribution in [0.5, 0.6) is 0 Å². The van der Waals surface area contributed by atoms with Gasteiger partial charge in [0.15, 0.2) is 10.9 Å². The van der Waals surface area contributed by atoms with Crippen LogP contribution in [-0.2, 0) is 5.72 Å². The maximum absolute atomic E-state index is 11.3. The van der Waals surface area contributed by atoms with Gasteiger partial charge >= 0.3 is 0 Å². The first-order valence-corrected chi connectivity index (χ1v) is 7.89. The second kappa shape index (κ2) is 6.26. The second-order valence-corrected chi connectivity index (χ2v) is 6.53. The van der Waals surface area contributed by atoms with Gasteiger partial charge in [0.2, 0.25) is 0 Å². The third-order valence-electron chi connectivity index (χ3n) is 3.75. The molecule has 0 spiro atoms. The Labute approximate surface area is 139 Å². The molecule has 110 valence electrons. The summed E-state index contributed by atoms with van der Waals surface area (Å²) in [6.07, 6.45) is 1.88. The molecule has 0 amide bonds. The van der Waals surface area contributed by atoms with Gasteiger partial charge in [0, 0.05) is 23.7 Å². The summed E-state index contributed by atoms with van der Waals surface area (Å²) in [6.45, 7) is 3.82. The number of nitrogens with zero attached hydrogens (tertiary/aromatic N) is 2. The zero-order valence-electron chi connectivity index (χ0n) is 11.3. The Morgan fingerprint density at radius 2 is 2.35 bits per heavy atom. The zero-order valence-corrected chi connectivity index (χ0v) is 14.5. The summed E-state index contributed by atoms with van der Waals surface area (Å²) in [5.74, 6) is 0. The highest BCUT2D eigenvalue weighted by atomic mass is 79.9. The Morgan fingerprint density at radius 1 is 1.55 bits per heavy atom. The largest absolute Gasteiger partial charge is 0.366 e. The minimum atomic E-state index is -0.983. The van der Waals surface area contributed by atoms with E-state index in [1.807, 2.05) is 29.2 Å². The molecule has 2 aliphatic heterocycles. The lowest BCUT2D eigenvalue weighted by Gasteiger charge is -2.39. The lowest BCUT2D eigenvalue weighted by atomic mass is 9.95. The van der Waals surface area contributed by atoms with E-state index in [0.717, 1.165) is 36.7 Å². The molecular weight excluding hydrogens is 360 g/mol. The number of amidine groups is 1.